The Morgan fingerprint density at radius 2 is 1.82 bits per heavy atom. The molecule has 206 valence electrons. The highest BCUT2D eigenvalue weighted by molar-refractivity contribution is 7.86. The SMILES string of the molecule is Cc1ccc(S(=O)(=O)OCCCOC2CCc3cc(F)ccc3N(C(=O)c3ccc([N+](=O)[O-])cc3C)C2)cc1. The van der Waals surface area contributed by atoms with Crippen LogP contribution >= 0.6 is 0 Å². The van der Waals surface area contributed by atoms with Gasteiger partial charge in [-0.2, -0.15) is 8.42 Å². The van der Waals surface area contributed by atoms with Gasteiger partial charge in [0, 0.05) is 30.0 Å². The fraction of sp³-hybridized carbons (Fsp3) is 0.321. The maximum Gasteiger partial charge on any atom is 0.296 e. The van der Waals surface area contributed by atoms with Crippen molar-refractivity contribution in [2.75, 3.05) is 24.7 Å². The molecule has 1 aliphatic heterocycles. The van der Waals surface area contributed by atoms with Gasteiger partial charge in [-0.25, -0.2) is 4.39 Å². The van der Waals surface area contributed by atoms with Crippen LogP contribution in [-0.4, -0.2) is 45.1 Å². The number of nitrogens with zero attached hydrogens (tertiary/aromatic N) is 2. The van der Waals surface area contributed by atoms with Crippen LogP contribution < -0.4 is 4.90 Å². The molecule has 0 N–H and O–H groups in total. The first-order valence-corrected chi connectivity index (χ1v) is 13.9. The molecule has 1 amide bonds. The van der Waals surface area contributed by atoms with Crippen LogP contribution in [0.2, 0.25) is 0 Å². The molecule has 9 nitrogen and oxygen atoms in total. The quantitative estimate of drug-likeness (QED) is 0.155. The van der Waals surface area contributed by atoms with E-state index in [-0.39, 0.29) is 36.2 Å². The molecule has 0 aromatic heterocycles. The van der Waals surface area contributed by atoms with Gasteiger partial charge in [0.25, 0.3) is 21.7 Å². The zero-order valence-corrected chi connectivity index (χ0v) is 22.4. The second-order valence-electron chi connectivity index (χ2n) is 9.42. The first-order valence-electron chi connectivity index (χ1n) is 12.5. The minimum Gasteiger partial charge on any atom is -0.376 e. The molecule has 0 spiro atoms. The standard InChI is InChI=1S/C28H29FN2O7S/c1-19-4-10-25(11-5-19)39(35,36)38-15-3-14-37-24-9-6-21-17-22(29)7-13-27(21)30(18-24)28(32)26-12-8-23(31(33)34)16-20(26)2/h4-5,7-8,10-13,16-17,24H,3,6,9,14-15,18H2,1-2H3. The summed E-state index contributed by atoms with van der Waals surface area (Å²) < 4.78 is 49.9. The van der Waals surface area contributed by atoms with E-state index in [1.807, 2.05) is 6.92 Å². The first kappa shape index (κ1) is 28.3. The lowest BCUT2D eigenvalue weighted by Crippen LogP contribution is -2.38. The number of halogens is 1. The Hall–Kier alpha value is -3.67. The number of carbonyl (C=O) groups excluding carboxylic acids is 1. The van der Waals surface area contributed by atoms with E-state index in [9.17, 15) is 27.7 Å². The zero-order valence-electron chi connectivity index (χ0n) is 21.6. The lowest BCUT2D eigenvalue weighted by molar-refractivity contribution is -0.384. The van der Waals surface area contributed by atoms with Gasteiger partial charge in [-0.1, -0.05) is 17.7 Å². The van der Waals surface area contributed by atoms with E-state index in [1.165, 1.54) is 47.4 Å². The summed E-state index contributed by atoms with van der Waals surface area (Å²) in [5.41, 5.74) is 2.78. The van der Waals surface area contributed by atoms with E-state index in [0.29, 0.717) is 41.6 Å². The van der Waals surface area contributed by atoms with Crippen molar-refractivity contribution in [3.05, 3.63) is 98.8 Å². The number of fused-ring (bicyclic) bond motifs is 1. The number of aryl methyl sites for hydroxylation is 3. The van der Waals surface area contributed by atoms with Gasteiger partial charge in [0.05, 0.1) is 29.1 Å². The Labute approximate surface area is 226 Å². The zero-order chi connectivity index (χ0) is 28.2. The summed E-state index contributed by atoms with van der Waals surface area (Å²) in [5.74, 6) is -0.794. The van der Waals surface area contributed by atoms with Crippen LogP contribution in [0.3, 0.4) is 0 Å². The molecule has 0 aliphatic carbocycles. The lowest BCUT2D eigenvalue weighted by atomic mass is 10.0. The summed E-state index contributed by atoms with van der Waals surface area (Å²) in [6.07, 6.45) is 0.885. The summed E-state index contributed by atoms with van der Waals surface area (Å²) in [4.78, 5) is 25.8. The number of carbonyl (C=O) groups is 1. The fourth-order valence-corrected chi connectivity index (χ4v) is 5.40. The molecule has 1 aliphatic rings. The third kappa shape index (κ3) is 6.86. The van der Waals surface area contributed by atoms with Crippen LogP contribution in [0.25, 0.3) is 0 Å². The number of nitro benzene ring substituents is 1. The summed E-state index contributed by atoms with van der Waals surface area (Å²) in [6, 6.07) is 14.6. The second-order valence-corrected chi connectivity index (χ2v) is 11.0. The molecule has 11 heteroatoms. The minimum absolute atomic E-state index is 0.0704. The van der Waals surface area contributed by atoms with Gasteiger partial charge in [-0.3, -0.25) is 19.1 Å². The Kier molecular flexibility index (Phi) is 8.73. The molecule has 0 radical (unpaired) electrons. The molecular formula is C28H29FN2O7S. The van der Waals surface area contributed by atoms with Crippen molar-refractivity contribution in [1.82, 2.24) is 0 Å². The van der Waals surface area contributed by atoms with Crippen LogP contribution in [0.5, 0.6) is 0 Å². The van der Waals surface area contributed by atoms with Crippen LogP contribution in [0.1, 0.15) is 39.9 Å². The van der Waals surface area contributed by atoms with Gasteiger partial charge < -0.3 is 9.64 Å². The fourth-order valence-electron chi connectivity index (χ4n) is 4.45. The Bertz CT molecular complexity index is 1480. The van der Waals surface area contributed by atoms with Gasteiger partial charge in [-0.15, -0.1) is 0 Å². The Morgan fingerprint density at radius 3 is 2.51 bits per heavy atom. The van der Waals surface area contributed by atoms with E-state index < -0.39 is 27.0 Å². The Balaban J connectivity index is 1.43. The molecule has 0 bridgehead atoms. The number of hydrogen-bond acceptors (Lipinski definition) is 7. The summed E-state index contributed by atoms with van der Waals surface area (Å²) >= 11 is 0. The molecule has 39 heavy (non-hydrogen) atoms. The smallest absolute Gasteiger partial charge is 0.296 e. The number of hydrogen-bond donors (Lipinski definition) is 0. The predicted octanol–water partition coefficient (Wildman–Crippen LogP) is 5.12. The van der Waals surface area contributed by atoms with Crippen molar-refractivity contribution >= 4 is 27.4 Å². The predicted molar refractivity (Wildman–Crippen MR) is 143 cm³/mol. The lowest BCUT2D eigenvalue weighted by Gasteiger charge is -2.27. The number of amides is 1. The molecule has 3 aromatic carbocycles. The average Bonchev–Trinajstić information content (AvgIpc) is 3.07. The molecular weight excluding hydrogens is 527 g/mol. The van der Waals surface area contributed by atoms with Gasteiger partial charge in [0.15, 0.2) is 0 Å². The van der Waals surface area contributed by atoms with E-state index in [0.717, 1.165) is 5.56 Å². The maximum absolute atomic E-state index is 14.0. The van der Waals surface area contributed by atoms with Crippen LogP contribution in [0.15, 0.2) is 65.6 Å². The average molecular weight is 557 g/mol. The molecule has 0 saturated heterocycles. The van der Waals surface area contributed by atoms with Crippen molar-refractivity contribution in [3.63, 3.8) is 0 Å². The highest BCUT2D eigenvalue weighted by atomic mass is 32.2. The number of ether oxygens (including phenoxy) is 1. The number of anilines is 1. The first-order chi connectivity index (χ1) is 18.5. The van der Waals surface area contributed by atoms with Crippen molar-refractivity contribution in [3.8, 4) is 0 Å². The molecule has 4 rings (SSSR count). The highest BCUT2D eigenvalue weighted by Crippen LogP contribution is 2.31. The molecule has 0 saturated carbocycles. The molecule has 3 aromatic rings. The van der Waals surface area contributed by atoms with Crippen molar-refractivity contribution in [2.24, 2.45) is 0 Å². The third-order valence-electron chi connectivity index (χ3n) is 6.54. The van der Waals surface area contributed by atoms with Crippen LogP contribution in [-0.2, 0) is 25.5 Å². The van der Waals surface area contributed by atoms with Gasteiger partial charge in [0.1, 0.15) is 5.82 Å². The summed E-state index contributed by atoms with van der Waals surface area (Å²) in [5, 5.41) is 11.1. The summed E-state index contributed by atoms with van der Waals surface area (Å²) in [6.45, 7) is 3.79. The third-order valence-corrected chi connectivity index (χ3v) is 7.87. The van der Waals surface area contributed by atoms with Gasteiger partial charge in [0.2, 0.25) is 0 Å². The van der Waals surface area contributed by atoms with Crippen molar-refractivity contribution < 1.29 is 31.4 Å². The summed E-state index contributed by atoms with van der Waals surface area (Å²) in [7, 11) is -3.88. The molecule has 1 atom stereocenters. The van der Waals surface area contributed by atoms with E-state index in [1.54, 1.807) is 25.1 Å². The second kappa shape index (κ2) is 12.0. The highest BCUT2D eigenvalue weighted by Gasteiger charge is 2.29. The topological polar surface area (TPSA) is 116 Å². The van der Waals surface area contributed by atoms with Crippen molar-refractivity contribution in [1.29, 1.82) is 0 Å². The number of non-ortho nitro benzene ring substituents is 1. The van der Waals surface area contributed by atoms with Gasteiger partial charge >= 0.3 is 0 Å². The number of nitro groups is 1. The van der Waals surface area contributed by atoms with E-state index >= 15 is 0 Å². The molecule has 1 unspecified atom stereocenters. The Morgan fingerprint density at radius 1 is 1.08 bits per heavy atom. The normalized spacial score (nSPS) is 15.5. The minimum atomic E-state index is -3.88. The monoisotopic (exact) mass is 556 g/mol. The molecule has 1 heterocycles. The number of benzene rings is 3. The van der Waals surface area contributed by atoms with E-state index in [2.05, 4.69) is 0 Å². The van der Waals surface area contributed by atoms with Gasteiger partial charge in [-0.05, 0) is 80.6 Å². The van der Waals surface area contributed by atoms with Crippen molar-refractivity contribution in [2.45, 2.75) is 44.1 Å². The van der Waals surface area contributed by atoms with E-state index in [4.69, 9.17) is 8.92 Å². The largest absolute Gasteiger partial charge is 0.376 e. The maximum atomic E-state index is 14.0. The number of rotatable bonds is 9. The molecule has 0 fully saturated rings. The van der Waals surface area contributed by atoms with Crippen LogP contribution in [0, 0.1) is 29.8 Å². The van der Waals surface area contributed by atoms with Crippen LogP contribution in [0.4, 0.5) is 15.8 Å².